The number of aryl methyl sites for hydroxylation is 1. The van der Waals surface area contributed by atoms with Crippen molar-refractivity contribution in [1.29, 1.82) is 0 Å². The summed E-state index contributed by atoms with van der Waals surface area (Å²) in [5, 5.41) is 4.92. The van der Waals surface area contributed by atoms with Crippen LogP contribution in [0.1, 0.15) is 48.0 Å². The number of amides is 2. The highest BCUT2D eigenvalue weighted by Crippen LogP contribution is 2.24. The van der Waals surface area contributed by atoms with Crippen LogP contribution in [0.3, 0.4) is 0 Å². The maximum Gasteiger partial charge on any atom is 0.367 e. The smallest absolute Gasteiger partial charge is 0.324 e. The summed E-state index contributed by atoms with van der Waals surface area (Å²) in [5.74, 6) is -2.09. The van der Waals surface area contributed by atoms with Crippen molar-refractivity contribution in [2.75, 3.05) is 0 Å². The second kappa shape index (κ2) is 6.77. The Morgan fingerprint density at radius 1 is 0.929 bits per heavy atom. The van der Waals surface area contributed by atoms with Crippen LogP contribution in [0.2, 0.25) is 0 Å². The summed E-state index contributed by atoms with van der Waals surface area (Å²) in [4.78, 5) is 42.7. The molecular formula is C21H17N3O4. The number of nitrogens with zero attached hydrogens (tertiary/aromatic N) is 3. The standard InChI is InChI=1S/C21H17N3O4/c1-13-18(14(2)23(22-13)12-15-8-4-3-5-9-15)21(27)28-24-19(25)16-10-6-7-11-17(16)20(24)26/h3-11H,12H2,1-2H3. The van der Waals surface area contributed by atoms with Crippen molar-refractivity contribution in [3.05, 3.63) is 88.2 Å². The Kier molecular flexibility index (Phi) is 4.27. The van der Waals surface area contributed by atoms with Crippen molar-refractivity contribution < 1.29 is 19.2 Å². The van der Waals surface area contributed by atoms with E-state index in [0.29, 0.717) is 23.0 Å². The number of rotatable bonds is 4. The molecule has 0 aliphatic carbocycles. The Morgan fingerprint density at radius 2 is 1.50 bits per heavy atom. The van der Waals surface area contributed by atoms with Crippen LogP contribution in [0, 0.1) is 13.8 Å². The van der Waals surface area contributed by atoms with Gasteiger partial charge in [0, 0.05) is 0 Å². The fourth-order valence-corrected chi connectivity index (χ4v) is 3.28. The number of carbonyl (C=O) groups is 3. The SMILES string of the molecule is Cc1nn(Cc2ccccc2)c(C)c1C(=O)ON1C(=O)c2ccccc2C1=O. The number of hydroxylamine groups is 2. The summed E-state index contributed by atoms with van der Waals surface area (Å²) in [7, 11) is 0. The zero-order valence-corrected chi connectivity index (χ0v) is 15.4. The van der Waals surface area contributed by atoms with Crippen molar-refractivity contribution in [2.24, 2.45) is 0 Å². The zero-order chi connectivity index (χ0) is 19.8. The quantitative estimate of drug-likeness (QED) is 0.655. The molecule has 0 atom stereocenters. The first-order chi connectivity index (χ1) is 13.5. The molecule has 0 bridgehead atoms. The summed E-state index contributed by atoms with van der Waals surface area (Å²) in [6.45, 7) is 3.93. The second-order valence-corrected chi connectivity index (χ2v) is 6.52. The van der Waals surface area contributed by atoms with E-state index < -0.39 is 17.8 Å². The van der Waals surface area contributed by atoms with E-state index in [1.807, 2.05) is 30.3 Å². The van der Waals surface area contributed by atoms with Gasteiger partial charge in [-0.05, 0) is 31.5 Å². The van der Waals surface area contributed by atoms with E-state index >= 15 is 0 Å². The van der Waals surface area contributed by atoms with Crippen molar-refractivity contribution in [3.8, 4) is 0 Å². The predicted octanol–water partition coefficient (Wildman–Crippen LogP) is 2.92. The first-order valence-corrected chi connectivity index (χ1v) is 8.75. The number of fused-ring (bicyclic) bond motifs is 1. The van der Waals surface area contributed by atoms with Gasteiger partial charge in [-0.2, -0.15) is 5.10 Å². The highest BCUT2D eigenvalue weighted by Gasteiger charge is 2.39. The van der Waals surface area contributed by atoms with Crippen LogP contribution in [0.15, 0.2) is 54.6 Å². The predicted molar refractivity (Wildman–Crippen MR) is 99.6 cm³/mol. The fourth-order valence-electron chi connectivity index (χ4n) is 3.28. The van der Waals surface area contributed by atoms with E-state index in [1.54, 1.807) is 30.7 Å². The third kappa shape index (κ3) is 2.87. The summed E-state index contributed by atoms with van der Waals surface area (Å²) >= 11 is 0. The molecule has 140 valence electrons. The lowest BCUT2D eigenvalue weighted by Gasteiger charge is -2.13. The Morgan fingerprint density at radius 3 is 2.11 bits per heavy atom. The molecule has 7 nitrogen and oxygen atoms in total. The zero-order valence-electron chi connectivity index (χ0n) is 15.4. The molecule has 0 saturated carbocycles. The van der Waals surface area contributed by atoms with Crippen LogP contribution in [0.4, 0.5) is 0 Å². The van der Waals surface area contributed by atoms with Crippen molar-refractivity contribution >= 4 is 17.8 Å². The highest BCUT2D eigenvalue weighted by molar-refractivity contribution is 6.21. The van der Waals surface area contributed by atoms with E-state index in [-0.39, 0.29) is 16.7 Å². The van der Waals surface area contributed by atoms with Gasteiger partial charge in [0.1, 0.15) is 5.56 Å². The molecule has 0 spiro atoms. The van der Waals surface area contributed by atoms with Crippen LogP contribution in [-0.2, 0) is 11.4 Å². The number of aromatic nitrogens is 2. The van der Waals surface area contributed by atoms with Gasteiger partial charge in [0.15, 0.2) is 0 Å². The normalized spacial score (nSPS) is 13.0. The number of imide groups is 1. The minimum Gasteiger partial charge on any atom is -0.324 e. The van der Waals surface area contributed by atoms with Gasteiger partial charge in [0.2, 0.25) is 0 Å². The topological polar surface area (TPSA) is 81.5 Å². The van der Waals surface area contributed by atoms with Crippen LogP contribution >= 0.6 is 0 Å². The third-order valence-electron chi connectivity index (χ3n) is 4.69. The van der Waals surface area contributed by atoms with E-state index in [1.165, 1.54) is 12.1 Å². The number of benzene rings is 2. The largest absolute Gasteiger partial charge is 0.367 e. The van der Waals surface area contributed by atoms with E-state index in [9.17, 15) is 14.4 Å². The molecule has 7 heteroatoms. The number of hydrogen-bond acceptors (Lipinski definition) is 5. The van der Waals surface area contributed by atoms with E-state index in [4.69, 9.17) is 4.84 Å². The van der Waals surface area contributed by atoms with E-state index in [2.05, 4.69) is 5.10 Å². The molecule has 2 aromatic carbocycles. The van der Waals surface area contributed by atoms with Crippen molar-refractivity contribution in [1.82, 2.24) is 14.8 Å². The Hall–Kier alpha value is -3.74. The molecule has 3 aromatic rings. The first kappa shape index (κ1) is 17.7. The molecular weight excluding hydrogens is 358 g/mol. The first-order valence-electron chi connectivity index (χ1n) is 8.75. The Labute approximate surface area is 161 Å². The van der Waals surface area contributed by atoms with Gasteiger partial charge in [-0.25, -0.2) is 4.79 Å². The maximum atomic E-state index is 12.7. The van der Waals surface area contributed by atoms with Crippen molar-refractivity contribution in [3.63, 3.8) is 0 Å². The van der Waals surface area contributed by atoms with Gasteiger partial charge in [-0.1, -0.05) is 47.5 Å². The van der Waals surface area contributed by atoms with Gasteiger partial charge in [-0.3, -0.25) is 14.3 Å². The molecule has 4 rings (SSSR count). The van der Waals surface area contributed by atoms with Crippen molar-refractivity contribution in [2.45, 2.75) is 20.4 Å². The average molecular weight is 375 g/mol. The van der Waals surface area contributed by atoms with Gasteiger partial charge in [0.05, 0.1) is 29.1 Å². The summed E-state index contributed by atoms with van der Waals surface area (Å²) in [6, 6.07) is 16.1. The minimum absolute atomic E-state index is 0.216. The molecule has 1 aliphatic heterocycles. The lowest BCUT2D eigenvalue weighted by molar-refractivity contribution is -0.0585. The number of hydrogen-bond donors (Lipinski definition) is 0. The minimum atomic E-state index is -0.788. The monoisotopic (exact) mass is 375 g/mol. The van der Waals surface area contributed by atoms with Crippen LogP contribution in [0.5, 0.6) is 0 Å². The Bertz CT molecular complexity index is 1070. The van der Waals surface area contributed by atoms with Gasteiger partial charge >= 0.3 is 5.97 Å². The maximum absolute atomic E-state index is 12.7. The fraction of sp³-hybridized carbons (Fsp3) is 0.143. The average Bonchev–Trinajstić information content (AvgIpc) is 3.11. The summed E-state index contributed by atoms with van der Waals surface area (Å²) in [5.41, 5.74) is 2.78. The lowest BCUT2D eigenvalue weighted by Crippen LogP contribution is -2.33. The Balaban J connectivity index is 1.58. The molecule has 0 saturated heterocycles. The van der Waals surface area contributed by atoms with Gasteiger partial charge in [-0.15, -0.1) is 0 Å². The lowest BCUT2D eigenvalue weighted by atomic mass is 10.1. The summed E-state index contributed by atoms with van der Waals surface area (Å²) in [6.07, 6.45) is 0. The molecule has 0 fully saturated rings. The highest BCUT2D eigenvalue weighted by atomic mass is 16.7. The molecule has 28 heavy (non-hydrogen) atoms. The molecule has 2 amide bonds. The van der Waals surface area contributed by atoms with Gasteiger partial charge in [0.25, 0.3) is 11.8 Å². The third-order valence-corrected chi connectivity index (χ3v) is 4.69. The molecule has 0 unspecified atom stereocenters. The van der Waals surface area contributed by atoms with Gasteiger partial charge < -0.3 is 4.84 Å². The summed E-state index contributed by atoms with van der Waals surface area (Å²) < 4.78 is 1.70. The van der Waals surface area contributed by atoms with Crippen LogP contribution in [-0.4, -0.2) is 32.6 Å². The second-order valence-electron chi connectivity index (χ2n) is 6.52. The molecule has 0 radical (unpaired) electrons. The molecule has 0 N–H and O–H groups in total. The molecule has 1 aliphatic rings. The van der Waals surface area contributed by atoms with Crippen LogP contribution < -0.4 is 0 Å². The van der Waals surface area contributed by atoms with Crippen LogP contribution in [0.25, 0.3) is 0 Å². The molecule has 1 aromatic heterocycles. The molecule has 2 heterocycles. The van der Waals surface area contributed by atoms with E-state index in [0.717, 1.165) is 5.56 Å². The number of carbonyl (C=O) groups excluding carboxylic acids is 3.